The van der Waals surface area contributed by atoms with E-state index in [-0.39, 0.29) is 5.78 Å². The van der Waals surface area contributed by atoms with Crippen molar-refractivity contribution < 1.29 is 4.79 Å². The van der Waals surface area contributed by atoms with Gasteiger partial charge < -0.3 is 0 Å². The van der Waals surface area contributed by atoms with E-state index in [0.717, 1.165) is 27.8 Å². The third-order valence-electron chi connectivity index (χ3n) is 3.11. The first kappa shape index (κ1) is 11.5. The van der Waals surface area contributed by atoms with Crippen molar-refractivity contribution in [3.8, 4) is 0 Å². The summed E-state index contributed by atoms with van der Waals surface area (Å²) >= 11 is 0. The van der Waals surface area contributed by atoms with Gasteiger partial charge in [-0.15, -0.1) is 0 Å². The number of carbonyl (C=O) groups excluding carboxylic acids is 1. The summed E-state index contributed by atoms with van der Waals surface area (Å²) in [6, 6.07) is 7.60. The molecule has 0 aliphatic rings. The number of carbonyl (C=O) groups is 1. The smallest absolute Gasteiger partial charge is 0.193 e. The second kappa shape index (κ2) is 4.50. The van der Waals surface area contributed by atoms with Crippen LogP contribution in [0.3, 0.4) is 0 Å². The molecule has 1 aromatic heterocycles. The number of aryl methyl sites for hydroxylation is 2. The van der Waals surface area contributed by atoms with Crippen LogP contribution in [0.25, 0.3) is 0 Å². The molecule has 0 N–H and O–H groups in total. The van der Waals surface area contributed by atoms with Gasteiger partial charge in [0.1, 0.15) is 0 Å². The number of aromatic nitrogens is 1. The van der Waals surface area contributed by atoms with Gasteiger partial charge in [-0.1, -0.05) is 18.2 Å². The summed E-state index contributed by atoms with van der Waals surface area (Å²) in [6.07, 6.45) is 3.38. The van der Waals surface area contributed by atoms with E-state index < -0.39 is 0 Å². The summed E-state index contributed by atoms with van der Waals surface area (Å²) in [5, 5.41) is 0. The highest BCUT2D eigenvalue weighted by molar-refractivity contribution is 6.10. The Morgan fingerprint density at radius 1 is 1.00 bits per heavy atom. The third-order valence-corrected chi connectivity index (χ3v) is 3.11. The van der Waals surface area contributed by atoms with Crippen molar-refractivity contribution in [1.82, 2.24) is 4.98 Å². The molecule has 0 atom stereocenters. The molecule has 1 aromatic carbocycles. The number of rotatable bonds is 2. The molecule has 2 nitrogen and oxygen atoms in total. The van der Waals surface area contributed by atoms with Crippen molar-refractivity contribution in [2.24, 2.45) is 0 Å². The highest BCUT2D eigenvalue weighted by Crippen LogP contribution is 2.18. The van der Waals surface area contributed by atoms with Crippen LogP contribution in [0, 0.1) is 20.8 Å². The van der Waals surface area contributed by atoms with Gasteiger partial charge in [-0.05, 0) is 43.5 Å². The highest BCUT2D eigenvalue weighted by Gasteiger charge is 2.14. The van der Waals surface area contributed by atoms with Crippen LogP contribution in [0.1, 0.15) is 32.6 Å². The Kier molecular flexibility index (Phi) is 3.05. The van der Waals surface area contributed by atoms with Crippen molar-refractivity contribution in [2.45, 2.75) is 20.8 Å². The van der Waals surface area contributed by atoms with Gasteiger partial charge in [-0.2, -0.15) is 0 Å². The van der Waals surface area contributed by atoms with Crippen LogP contribution in [0.4, 0.5) is 0 Å². The zero-order chi connectivity index (χ0) is 12.4. The lowest BCUT2D eigenvalue weighted by molar-refractivity contribution is 0.103. The van der Waals surface area contributed by atoms with Gasteiger partial charge >= 0.3 is 0 Å². The predicted molar refractivity (Wildman–Crippen MR) is 68.3 cm³/mol. The van der Waals surface area contributed by atoms with Crippen molar-refractivity contribution in [3.63, 3.8) is 0 Å². The summed E-state index contributed by atoms with van der Waals surface area (Å²) in [5.41, 5.74) is 4.61. The van der Waals surface area contributed by atoms with E-state index >= 15 is 0 Å². The topological polar surface area (TPSA) is 30.0 Å². The molecule has 0 amide bonds. The fraction of sp³-hybridized carbons (Fsp3) is 0.200. The van der Waals surface area contributed by atoms with Gasteiger partial charge in [0.05, 0.1) is 0 Å². The molecular weight excluding hydrogens is 210 g/mol. The Balaban J connectivity index is 2.52. The maximum absolute atomic E-state index is 12.4. The Bertz CT molecular complexity index is 573. The van der Waals surface area contributed by atoms with Gasteiger partial charge in [0, 0.05) is 23.5 Å². The molecule has 0 bridgehead atoms. The van der Waals surface area contributed by atoms with Gasteiger partial charge in [-0.3, -0.25) is 9.78 Å². The second-order valence-corrected chi connectivity index (χ2v) is 4.27. The number of hydrogen-bond acceptors (Lipinski definition) is 2. The van der Waals surface area contributed by atoms with Crippen molar-refractivity contribution >= 4 is 5.78 Å². The molecule has 0 saturated heterocycles. The van der Waals surface area contributed by atoms with Crippen molar-refractivity contribution in [3.05, 3.63) is 64.5 Å². The minimum Gasteiger partial charge on any atom is -0.289 e. The highest BCUT2D eigenvalue weighted by atomic mass is 16.1. The number of benzene rings is 1. The van der Waals surface area contributed by atoms with E-state index in [4.69, 9.17) is 0 Å². The summed E-state index contributed by atoms with van der Waals surface area (Å²) < 4.78 is 0. The maximum Gasteiger partial charge on any atom is 0.193 e. The fourth-order valence-electron chi connectivity index (χ4n) is 1.87. The van der Waals surface area contributed by atoms with Crippen LogP contribution < -0.4 is 0 Å². The van der Waals surface area contributed by atoms with Crippen LogP contribution in [0.2, 0.25) is 0 Å². The Hall–Kier alpha value is -1.96. The van der Waals surface area contributed by atoms with E-state index in [0.29, 0.717) is 0 Å². The van der Waals surface area contributed by atoms with E-state index in [1.165, 1.54) is 0 Å². The molecule has 86 valence electrons. The lowest BCUT2D eigenvalue weighted by atomic mass is 9.95. The molecular formula is C15H15NO. The SMILES string of the molecule is Cc1cnccc1C(=O)c1cccc(C)c1C. The first-order valence-corrected chi connectivity index (χ1v) is 5.63. The molecule has 0 saturated carbocycles. The number of nitrogens with zero attached hydrogens (tertiary/aromatic N) is 1. The lowest BCUT2D eigenvalue weighted by Crippen LogP contribution is -2.06. The molecule has 0 aliphatic carbocycles. The number of hydrogen-bond donors (Lipinski definition) is 0. The molecule has 0 unspecified atom stereocenters. The van der Waals surface area contributed by atoms with Crippen LogP contribution in [-0.2, 0) is 0 Å². The minimum atomic E-state index is 0.0751. The molecule has 17 heavy (non-hydrogen) atoms. The molecule has 2 rings (SSSR count). The van der Waals surface area contributed by atoms with Crippen molar-refractivity contribution in [2.75, 3.05) is 0 Å². The zero-order valence-corrected chi connectivity index (χ0v) is 10.3. The van der Waals surface area contributed by atoms with Crippen LogP contribution in [0.5, 0.6) is 0 Å². The molecule has 1 heterocycles. The standard InChI is InChI=1S/C15H15NO/c1-10-5-4-6-14(12(10)3)15(17)13-7-8-16-9-11(13)2/h4-9H,1-3H3. The first-order chi connectivity index (χ1) is 8.11. The van der Waals surface area contributed by atoms with E-state index in [1.54, 1.807) is 18.5 Å². The van der Waals surface area contributed by atoms with E-state index in [2.05, 4.69) is 4.98 Å². The zero-order valence-electron chi connectivity index (χ0n) is 10.3. The maximum atomic E-state index is 12.4. The lowest BCUT2D eigenvalue weighted by Gasteiger charge is -2.09. The average molecular weight is 225 g/mol. The number of pyridine rings is 1. The first-order valence-electron chi connectivity index (χ1n) is 5.63. The van der Waals surface area contributed by atoms with E-state index in [9.17, 15) is 4.79 Å². The molecule has 2 aromatic rings. The molecule has 0 spiro atoms. The van der Waals surface area contributed by atoms with Crippen LogP contribution in [0.15, 0.2) is 36.7 Å². The Morgan fingerprint density at radius 3 is 2.47 bits per heavy atom. The second-order valence-electron chi connectivity index (χ2n) is 4.27. The van der Waals surface area contributed by atoms with Gasteiger partial charge in [0.25, 0.3) is 0 Å². The van der Waals surface area contributed by atoms with Gasteiger partial charge in [0.15, 0.2) is 5.78 Å². The summed E-state index contributed by atoms with van der Waals surface area (Å²) in [4.78, 5) is 16.4. The summed E-state index contributed by atoms with van der Waals surface area (Å²) in [7, 11) is 0. The predicted octanol–water partition coefficient (Wildman–Crippen LogP) is 3.24. The normalized spacial score (nSPS) is 10.3. The quantitative estimate of drug-likeness (QED) is 0.734. The molecule has 0 aliphatic heterocycles. The fourth-order valence-corrected chi connectivity index (χ4v) is 1.87. The molecule has 2 heteroatoms. The molecule has 0 fully saturated rings. The largest absolute Gasteiger partial charge is 0.289 e. The van der Waals surface area contributed by atoms with Gasteiger partial charge in [-0.25, -0.2) is 0 Å². The van der Waals surface area contributed by atoms with Crippen molar-refractivity contribution in [1.29, 1.82) is 0 Å². The Morgan fingerprint density at radius 2 is 1.76 bits per heavy atom. The third kappa shape index (κ3) is 2.11. The summed E-state index contributed by atoms with van der Waals surface area (Å²) in [5.74, 6) is 0.0751. The summed E-state index contributed by atoms with van der Waals surface area (Å²) in [6.45, 7) is 5.91. The minimum absolute atomic E-state index is 0.0751. The van der Waals surface area contributed by atoms with Crippen LogP contribution in [-0.4, -0.2) is 10.8 Å². The Labute approximate surface area is 101 Å². The monoisotopic (exact) mass is 225 g/mol. The van der Waals surface area contributed by atoms with Crippen LogP contribution >= 0.6 is 0 Å². The molecule has 0 radical (unpaired) electrons. The van der Waals surface area contributed by atoms with Gasteiger partial charge in [0.2, 0.25) is 0 Å². The number of ketones is 1. The average Bonchev–Trinajstić information content (AvgIpc) is 2.32. The van der Waals surface area contributed by atoms with E-state index in [1.807, 2.05) is 39.0 Å².